The lowest BCUT2D eigenvalue weighted by molar-refractivity contribution is 0.0942. The van der Waals surface area contributed by atoms with Crippen LogP contribution in [-0.2, 0) is 13.6 Å². The van der Waals surface area contributed by atoms with Crippen molar-refractivity contribution in [2.45, 2.75) is 13.0 Å². The third kappa shape index (κ3) is 3.94. The van der Waals surface area contributed by atoms with E-state index in [-0.39, 0.29) is 12.5 Å². The zero-order valence-corrected chi connectivity index (χ0v) is 11.8. The second-order valence-electron chi connectivity index (χ2n) is 4.50. The number of rotatable bonds is 4. The van der Waals surface area contributed by atoms with Crippen LogP contribution in [0.1, 0.15) is 28.0 Å². The Kier molecular flexibility index (Phi) is 5.13. The Bertz CT molecular complexity index is 680. The zero-order valence-electron chi connectivity index (χ0n) is 11.8. The molecule has 2 rings (SSSR count). The highest BCUT2D eigenvalue weighted by molar-refractivity contribution is 5.92. The SMILES string of the molecule is Cn1cncc1C(=O)NCc1ccccc1C#CCCO. The Morgan fingerprint density at radius 3 is 2.95 bits per heavy atom. The van der Waals surface area contributed by atoms with Crippen LogP contribution in [0.25, 0.3) is 0 Å². The van der Waals surface area contributed by atoms with Crippen LogP contribution in [0, 0.1) is 11.8 Å². The first-order valence-electron chi connectivity index (χ1n) is 6.64. The van der Waals surface area contributed by atoms with Crippen LogP contribution in [-0.4, -0.2) is 27.2 Å². The Morgan fingerprint density at radius 1 is 1.43 bits per heavy atom. The minimum atomic E-state index is -0.173. The van der Waals surface area contributed by atoms with E-state index in [1.807, 2.05) is 24.3 Å². The molecule has 2 aromatic rings. The van der Waals surface area contributed by atoms with Crippen LogP contribution >= 0.6 is 0 Å². The van der Waals surface area contributed by atoms with Gasteiger partial charge < -0.3 is 15.0 Å². The summed E-state index contributed by atoms with van der Waals surface area (Å²) in [5, 5.41) is 11.6. The molecule has 21 heavy (non-hydrogen) atoms. The summed E-state index contributed by atoms with van der Waals surface area (Å²) in [5.74, 6) is 5.72. The highest BCUT2D eigenvalue weighted by Crippen LogP contribution is 2.07. The number of benzene rings is 1. The highest BCUT2D eigenvalue weighted by atomic mass is 16.2. The van der Waals surface area contributed by atoms with Crippen molar-refractivity contribution in [3.05, 3.63) is 53.6 Å². The molecule has 0 radical (unpaired) electrons. The van der Waals surface area contributed by atoms with E-state index in [4.69, 9.17) is 5.11 Å². The minimum Gasteiger partial charge on any atom is -0.395 e. The number of amides is 1. The Hall–Kier alpha value is -2.58. The quantitative estimate of drug-likeness (QED) is 0.825. The monoisotopic (exact) mass is 283 g/mol. The molecule has 5 heteroatoms. The third-order valence-corrected chi connectivity index (χ3v) is 2.97. The molecule has 0 aliphatic heterocycles. The number of carbonyl (C=O) groups is 1. The molecule has 0 spiro atoms. The Labute approximate surface area is 123 Å². The summed E-state index contributed by atoms with van der Waals surface area (Å²) in [5.41, 5.74) is 2.31. The van der Waals surface area contributed by atoms with Crippen molar-refractivity contribution in [2.24, 2.45) is 7.05 Å². The van der Waals surface area contributed by atoms with Crippen LogP contribution in [0.5, 0.6) is 0 Å². The lowest BCUT2D eigenvalue weighted by Crippen LogP contribution is -2.25. The largest absolute Gasteiger partial charge is 0.395 e. The fourth-order valence-corrected chi connectivity index (χ4v) is 1.85. The molecule has 1 amide bonds. The summed E-state index contributed by atoms with van der Waals surface area (Å²) >= 11 is 0. The molecular weight excluding hydrogens is 266 g/mol. The number of imidazole rings is 1. The van der Waals surface area contributed by atoms with E-state index in [0.29, 0.717) is 18.7 Å². The molecule has 0 aliphatic carbocycles. The first kappa shape index (κ1) is 14.8. The lowest BCUT2D eigenvalue weighted by Gasteiger charge is -2.07. The van der Waals surface area contributed by atoms with Gasteiger partial charge in [-0.1, -0.05) is 30.0 Å². The van der Waals surface area contributed by atoms with Gasteiger partial charge >= 0.3 is 0 Å². The first-order valence-corrected chi connectivity index (χ1v) is 6.64. The average molecular weight is 283 g/mol. The highest BCUT2D eigenvalue weighted by Gasteiger charge is 2.09. The van der Waals surface area contributed by atoms with Crippen molar-refractivity contribution in [1.29, 1.82) is 0 Å². The summed E-state index contributed by atoms with van der Waals surface area (Å²) in [7, 11) is 1.77. The van der Waals surface area contributed by atoms with E-state index in [0.717, 1.165) is 11.1 Å². The number of nitrogens with one attached hydrogen (secondary N) is 1. The van der Waals surface area contributed by atoms with Crippen LogP contribution < -0.4 is 5.32 Å². The number of nitrogens with zero attached hydrogens (tertiary/aromatic N) is 2. The minimum absolute atomic E-state index is 0.0480. The second kappa shape index (κ2) is 7.27. The fourth-order valence-electron chi connectivity index (χ4n) is 1.85. The van der Waals surface area contributed by atoms with E-state index < -0.39 is 0 Å². The van der Waals surface area contributed by atoms with Crippen molar-refractivity contribution >= 4 is 5.91 Å². The average Bonchev–Trinajstić information content (AvgIpc) is 2.92. The van der Waals surface area contributed by atoms with Crippen LogP contribution in [0.4, 0.5) is 0 Å². The number of hydrogen-bond donors (Lipinski definition) is 2. The smallest absolute Gasteiger partial charge is 0.269 e. The maximum absolute atomic E-state index is 12.0. The van der Waals surface area contributed by atoms with Gasteiger partial charge in [-0.3, -0.25) is 4.79 Å². The number of aromatic nitrogens is 2. The van der Waals surface area contributed by atoms with Crippen LogP contribution in [0.2, 0.25) is 0 Å². The van der Waals surface area contributed by atoms with Gasteiger partial charge in [-0.25, -0.2) is 4.98 Å². The van der Waals surface area contributed by atoms with E-state index in [9.17, 15) is 4.79 Å². The zero-order chi connectivity index (χ0) is 15.1. The molecule has 0 saturated heterocycles. The van der Waals surface area contributed by atoms with Gasteiger partial charge in [0.1, 0.15) is 5.69 Å². The number of aliphatic hydroxyl groups is 1. The predicted molar refractivity (Wildman–Crippen MR) is 79.4 cm³/mol. The van der Waals surface area contributed by atoms with Gasteiger partial charge in [0, 0.05) is 25.6 Å². The molecule has 108 valence electrons. The van der Waals surface area contributed by atoms with Gasteiger partial charge in [0.15, 0.2) is 0 Å². The molecule has 0 saturated carbocycles. The molecule has 0 atom stereocenters. The van der Waals surface area contributed by atoms with Gasteiger partial charge in [-0.05, 0) is 11.6 Å². The first-order chi connectivity index (χ1) is 10.2. The molecule has 2 N–H and O–H groups in total. The molecule has 0 fully saturated rings. The van der Waals surface area contributed by atoms with Gasteiger partial charge in [0.25, 0.3) is 5.91 Å². The van der Waals surface area contributed by atoms with E-state index >= 15 is 0 Å². The van der Waals surface area contributed by atoms with Crippen LogP contribution in [0.3, 0.4) is 0 Å². The summed E-state index contributed by atoms with van der Waals surface area (Å²) in [6.07, 6.45) is 3.56. The fraction of sp³-hybridized carbons (Fsp3) is 0.250. The van der Waals surface area contributed by atoms with Crippen molar-refractivity contribution in [3.8, 4) is 11.8 Å². The van der Waals surface area contributed by atoms with Crippen molar-refractivity contribution in [3.63, 3.8) is 0 Å². The van der Waals surface area contributed by atoms with Crippen molar-refractivity contribution < 1.29 is 9.90 Å². The van der Waals surface area contributed by atoms with E-state index in [2.05, 4.69) is 22.1 Å². The van der Waals surface area contributed by atoms with Crippen molar-refractivity contribution in [2.75, 3.05) is 6.61 Å². The van der Waals surface area contributed by atoms with Gasteiger partial charge in [0.05, 0.1) is 19.1 Å². The molecule has 0 bridgehead atoms. The third-order valence-electron chi connectivity index (χ3n) is 2.97. The van der Waals surface area contributed by atoms with Gasteiger partial charge in [0.2, 0.25) is 0 Å². The number of carbonyl (C=O) groups excluding carboxylic acids is 1. The van der Waals surface area contributed by atoms with Crippen molar-refractivity contribution in [1.82, 2.24) is 14.9 Å². The molecule has 1 aromatic heterocycles. The molecule has 0 unspecified atom stereocenters. The standard InChI is InChI=1S/C16H17N3O2/c1-19-12-17-11-15(19)16(21)18-10-14-8-3-2-6-13(14)7-4-5-9-20/h2-3,6,8,11-12,20H,5,9-10H2,1H3,(H,18,21). The normalized spacial score (nSPS) is 9.81. The van der Waals surface area contributed by atoms with Gasteiger partial charge in [-0.2, -0.15) is 0 Å². The maximum Gasteiger partial charge on any atom is 0.269 e. The molecular formula is C16H17N3O2. The maximum atomic E-state index is 12.0. The van der Waals surface area contributed by atoms with Gasteiger partial charge in [-0.15, -0.1) is 0 Å². The predicted octanol–water partition coefficient (Wildman–Crippen LogP) is 1.08. The summed E-state index contributed by atoms with van der Waals surface area (Å²) in [6.45, 7) is 0.445. The molecule has 5 nitrogen and oxygen atoms in total. The lowest BCUT2D eigenvalue weighted by atomic mass is 10.1. The summed E-state index contributed by atoms with van der Waals surface area (Å²) in [6, 6.07) is 7.63. The Balaban J connectivity index is 2.05. The second-order valence-corrected chi connectivity index (χ2v) is 4.50. The van der Waals surface area contributed by atoms with E-state index in [1.54, 1.807) is 17.9 Å². The summed E-state index contributed by atoms with van der Waals surface area (Å²) < 4.78 is 1.67. The van der Waals surface area contributed by atoms with E-state index in [1.165, 1.54) is 6.20 Å². The summed E-state index contributed by atoms with van der Waals surface area (Å²) in [4.78, 5) is 16.0. The number of aliphatic hydroxyl groups excluding tert-OH is 1. The topological polar surface area (TPSA) is 67.2 Å². The van der Waals surface area contributed by atoms with Crippen LogP contribution in [0.15, 0.2) is 36.8 Å². The number of aryl methyl sites for hydroxylation is 1. The number of hydrogen-bond acceptors (Lipinski definition) is 3. The molecule has 0 aliphatic rings. The molecule has 1 heterocycles. The molecule has 1 aromatic carbocycles. The Morgan fingerprint density at radius 2 is 2.24 bits per heavy atom.